The highest BCUT2D eigenvalue weighted by Gasteiger charge is 2.20. The number of carbonyl (C=O) groups is 2. The molecule has 0 aliphatic carbocycles. The SMILES string of the molecule is CCCCNC(=O)c1nc(C(=O)NCCc2ccc(OC)cc2)n2ccccc12. The van der Waals surface area contributed by atoms with Crippen molar-refractivity contribution in [1.29, 1.82) is 0 Å². The molecular formula is C22H26N4O3. The van der Waals surface area contributed by atoms with Crippen LogP contribution in [0.15, 0.2) is 48.7 Å². The monoisotopic (exact) mass is 394 g/mol. The van der Waals surface area contributed by atoms with E-state index in [2.05, 4.69) is 22.5 Å². The normalized spacial score (nSPS) is 10.7. The van der Waals surface area contributed by atoms with Crippen LogP contribution in [-0.2, 0) is 6.42 Å². The molecule has 3 aromatic rings. The summed E-state index contributed by atoms with van der Waals surface area (Å²) in [4.78, 5) is 29.5. The maximum absolute atomic E-state index is 12.7. The van der Waals surface area contributed by atoms with Crippen molar-refractivity contribution in [2.24, 2.45) is 0 Å². The lowest BCUT2D eigenvalue weighted by atomic mass is 10.1. The first-order chi connectivity index (χ1) is 14.1. The summed E-state index contributed by atoms with van der Waals surface area (Å²) in [7, 11) is 1.63. The molecule has 0 atom stereocenters. The van der Waals surface area contributed by atoms with Crippen LogP contribution in [0, 0.1) is 0 Å². The zero-order valence-electron chi connectivity index (χ0n) is 16.8. The van der Waals surface area contributed by atoms with Crippen LogP contribution >= 0.6 is 0 Å². The van der Waals surface area contributed by atoms with Crippen molar-refractivity contribution in [2.75, 3.05) is 20.2 Å². The van der Waals surface area contributed by atoms with Gasteiger partial charge in [-0.3, -0.25) is 14.0 Å². The highest BCUT2D eigenvalue weighted by atomic mass is 16.5. The number of nitrogens with one attached hydrogen (secondary N) is 2. The number of pyridine rings is 1. The highest BCUT2D eigenvalue weighted by molar-refractivity contribution is 6.02. The van der Waals surface area contributed by atoms with Crippen LogP contribution in [0.25, 0.3) is 5.52 Å². The summed E-state index contributed by atoms with van der Waals surface area (Å²) in [5.74, 6) is 0.425. The fraction of sp³-hybridized carbons (Fsp3) is 0.318. The molecule has 3 rings (SSSR count). The van der Waals surface area contributed by atoms with Gasteiger partial charge >= 0.3 is 0 Å². The molecule has 0 radical (unpaired) electrons. The quantitative estimate of drug-likeness (QED) is 0.547. The van der Waals surface area contributed by atoms with E-state index in [4.69, 9.17) is 4.74 Å². The van der Waals surface area contributed by atoms with Crippen LogP contribution in [-0.4, -0.2) is 41.4 Å². The van der Waals surface area contributed by atoms with Gasteiger partial charge in [0, 0.05) is 19.3 Å². The lowest BCUT2D eigenvalue weighted by Gasteiger charge is -2.06. The van der Waals surface area contributed by atoms with Gasteiger partial charge in [0.05, 0.1) is 12.6 Å². The fourth-order valence-corrected chi connectivity index (χ4v) is 3.02. The van der Waals surface area contributed by atoms with Gasteiger partial charge in [-0.05, 0) is 42.7 Å². The Morgan fingerprint density at radius 3 is 2.52 bits per heavy atom. The Labute approximate surface area is 170 Å². The molecule has 0 fully saturated rings. The Balaban J connectivity index is 1.69. The third-order valence-electron chi connectivity index (χ3n) is 4.64. The number of benzene rings is 1. The van der Waals surface area contributed by atoms with Crippen LogP contribution in [0.2, 0.25) is 0 Å². The van der Waals surface area contributed by atoms with E-state index >= 15 is 0 Å². The van der Waals surface area contributed by atoms with Gasteiger partial charge in [0.25, 0.3) is 11.8 Å². The molecule has 0 saturated carbocycles. The summed E-state index contributed by atoms with van der Waals surface area (Å²) in [6.07, 6.45) is 4.31. The van der Waals surface area contributed by atoms with Crippen LogP contribution < -0.4 is 15.4 Å². The minimum atomic E-state index is -0.313. The summed E-state index contributed by atoms with van der Waals surface area (Å²) in [6, 6.07) is 13.1. The number of ether oxygens (including phenoxy) is 1. The number of rotatable bonds is 9. The first-order valence-corrected chi connectivity index (χ1v) is 9.80. The van der Waals surface area contributed by atoms with E-state index in [1.54, 1.807) is 23.8 Å². The van der Waals surface area contributed by atoms with Crippen molar-refractivity contribution in [3.63, 3.8) is 0 Å². The summed E-state index contributed by atoms with van der Waals surface area (Å²) < 4.78 is 6.80. The summed E-state index contributed by atoms with van der Waals surface area (Å²) in [5, 5.41) is 5.75. The van der Waals surface area contributed by atoms with Crippen LogP contribution in [0.3, 0.4) is 0 Å². The van der Waals surface area contributed by atoms with Crippen molar-refractivity contribution in [2.45, 2.75) is 26.2 Å². The molecule has 0 saturated heterocycles. The molecule has 0 spiro atoms. The topological polar surface area (TPSA) is 84.7 Å². The second-order valence-corrected chi connectivity index (χ2v) is 6.70. The van der Waals surface area contributed by atoms with Gasteiger partial charge in [0.15, 0.2) is 5.69 Å². The zero-order chi connectivity index (χ0) is 20.6. The molecule has 2 amide bonds. The summed E-state index contributed by atoms with van der Waals surface area (Å²) >= 11 is 0. The molecule has 2 aromatic heterocycles. The first-order valence-electron chi connectivity index (χ1n) is 9.80. The maximum atomic E-state index is 12.7. The van der Waals surface area contributed by atoms with E-state index in [1.165, 1.54) is 0 Å². The van der Waals surface area contributed by atoms with Crippen LogP contribution in [0.1, 0.15) is 46.4 Å². The number of aromatic nitrogens is 2. The molecule has 7 nitrogen and oxygen atoms in total. The largest absolute Gasteiger partial charge is 0.497 e. The number of methoxy groups -OCH3 is 1. The molecule has 0 bridgehead atoms. The molecular weight excluding hydrogens is 368 g/mol. The number of carbonyl (C=O) groups excluding carboxylic acids is 2. The first kappa shape index (κ1) is 20.4. The Hall–Kier alpha value is -3.35. The number of hydrogen-bond donors (Lipinski definition) is 2. The molecule has 2 heterocycles. The van der Waals surface area contributed by atoms with Gasteiger partial charge in [0.2, 0.25) is 5.82 Å². The van der Waals surface area contributed by atoms with Crippen molar-refractivity contribution in [1.82, 2.24) is 20.0 Å². The van der Waals surface area contributed by atoms with Crippen molar-refractivity contribution in [3.05, 3.63) is 65.7 Å². The summed E-state index contributed by atoms with van der Waals surface area (Å²) in [5.41, 5.74) is 1.97. The van der Waals surface area contributed by atoms with E-state index in [9.17, 15) is 9.59 Å². The van der Waals surface area contributed by atoms with E-state index in [1.807, 2.05) is 36.4 Å². The molecule has 0 aliphatic rings. The van der Waals surface area contributed by atoms with Gasteiger partial charge in [-0.2, -0.15) is 0 Å². The second kappa shape index (κ2) is 9.73. The molecule has 1 aromatic carbocycles. The number of imidazole rings is 1. The Bertz CT molecular complexity index is 979. The van der Waals surface area contributed by atoms with Gasteiger partial charge < -0.3 is 15.4 Å². The summed E-state index contributed by atoms with van der Waals surface area (Å²) in [6.45, 7) is 3.11. The molecule has 152 valence electrons. The number of unbranched alkanes of at least 4 members (excludes halogenated alkanes) is 1. The third kappa shape index (κ3) is 4.93. The molecule has 7 heteroatoms. The van der Waals surface area contributed by atoms with Crippen LogP contribution in [0.4, 0.5) is 0 Å². The molecule has 2 N–H and O–H groups in total. The van der Waals surface area contributed by atoms with Gasteiger partial charge in [-0.15, -0.1) is 0 Å². The third-order valence-corrected chi connectivity index (χ3v) is 4.64. The van der Waals surface area contributed by atoms with Crippen molar-refractivity contribution >= 4 is 17.3 Å². The number of hydrogen-bond acceptors (Lipinski definition) is 4. The number of fused-ring (bicyclic) bond motifs is 1. The Morgan fingerprint density at radius 2 is 1.79 bits per heavy atom. The number of amides is 2. The highest BCUT2D eigenvalue weighted by Crippen LogP contribution is 2.14. The average molecular weight is 394 g/mol. The number of nitrogens with zero attached hydrogens (tertiary/aromatic N) is 2. The fourth-order valence-electron chi connectivity index (χ4n) is 3.02. The Morgan fingerprint density at radius 1 is 1.03 bits per heavy atom. The zero-order valence-corrected chi connectivity index (χ0v) is 16.8. The van der Waals surface area contributed by atoms with E-state index in [-0.39, 0.29) is 23.3 Å². The van der Waals surface area contributed by atoms with Gasteiger partial charge in [0.1, 0.15) is 5.75 Å². The molecule has 0 unspecified atom stereocenters. The van der Waals surface area contributed by atoms with Gasteiger partial charge in [-0.25, -0.2) is 4.98 Å². The van der Waals surface area contributed by atoms with E-state index in [0.29, 0.717) is 25.0 Å². The Kier molecular flexibility index (Phi) is 6.84. The van der Waals surface area contributed by atoms with E-state index in [0.717, 1.165) is 24.2 Å². The lowest BCUT2D eigenvalue weighted by Crippen LogP contribution is -2.28. The van der Waals surface area contributed by atoms with Crippen LogP contribution in [0.5, 0.6) is 5.75 Å². The maximum Gasteiger partial charge on any atom is 0.287 e. The van der Waals surface area contributed by atoms with Crippen molar-refractivity contribution < 1.29 is 14.3 Å². The van der Waals surface area contributed by atoms with Gasteiger partial charge in [-0.1, -0.05) is 31.5 Å². The standard InChI is InChI=1S/C22H26N4O3/c1-3-4-13-23-21(27)19-18-7-5-6-15-26(18)20(25-19)22(28)24-14-12-16-8-10-17(29-2)11-9-16/h5-11,15H,3-4,12-14H2,1-2H3,(H,23,27)(H,24,28). The lowest BCUT2D eigenvalue weighted by molar-refractivity contribution is 0.0943. The predicted octanol–water partition coefficient (Wildman–Crippen LogP) is 2.85. The minimum absolute atomic E-state index is 0.205. The average Bonchev–Trinajstić information content (AvgIpc) is 3.14. The smallest absolute Gasteiger partial charge is 0.287 e. The minimum Gasteiger partial charge on any atom is -0.497 e. The molecule has 29 heavy (non-hydrogen) atoms. The second-order valence-electron chi connectivity index (χ2n) is 6.70. The predicted molar refractivity (Wildman–Crippen MR) is 111 cm³/mol. The molecule has 0 aliphatic heterocycles. The van der Waals surface area contributed by atoms with E-state index < -0.39 is 0 Å². The van der Waals surface area contributed by atoms with Crippen molar-refractivity contribution in [3.8, 4) is 5.75 Å².